The number of urea groups is 1. The Morgan fingerprint density at radius 2 is 1.86 bits per heavy atom. The average molecular weight is 521 g/mol. The molecule has 0 atom stereocenters. The Hall–Kier alpha value is -2.33. The number of benzene rings is 1. The van der Waals surface area contributed by atoms with Crippen molar-refractivity contribution in [3.05, 3.63) is 36.3 Å². The van der Waals surface area contributed by atoms with Gasteiger partial charge in [0, 0.05) is 25.2 Å². The normalized spacial score (nSPS) is 20.9. The van der Waals surface area contributed by atoms with E-state index >= 15 is 0 Å². The van der Waals surface area contributed by atoms with Crippen molar-refractivity contribution in [3.8, 4) is 0 Å². The number of methoxy groups -OCH3 is 1. The molecule has 1 aromatic carbocycles. The van der Waals surface area contributed by atoms with Gasteiger partial charge in [0.15, 0.2) is 5.13 Å². The van der Waals surface area contributed by atoms with Crippen molar-refractivity contribution in [2.24, 2.45) is 5.92 Å². The lowest BCUT2D eigenvalue weighted by Crippen LogP contribution is -2.54. The molecule has 2 heterocycles. The Balaban J connectivity index is 1.42. The summed E-state index contributed by atoms with van der Waals surface area (Å²) < 4.78 is 19.8. The largest absolute Gasteiger partial charge is 0.468 e. The number of esters is 1. The number of halogens is 1. The molecular formula is C25H33FN4O3S2. The summed E-state index contributed by atoms with van der Waals surface area (Å²) in [6.45, 7) is 3.70. The van der Waals surface area contributed by atoms with Crippen LogP contribution in [0.5, 0.6) is 0 Å². The van der Waals surface area contributed by atoms with Gasteiger partial charge in [-0.25, -0.2) is 14.2 Å². The average Bonchev–Trinajstić information content (AvgIpc) is 3.32. The van der Waals surface area contributed by atoms with E-state index in [2.05, 4.69) is 26.9 Å². The minimum atomic E-state index is -0.298. The van der Waals surface area contributed by atoms with Gasteiger partial charge in [0.2, 0.25) is 0 Å². The minimum Gasteiger partial charge on any atom is -0.468 e. The second-order valence-electron chi connectivity index (χ2n) is 9.27. The van der Waals surface area contributed by atoms with Gasteiger partial charge in [0.25, 0.3) is 0 Å². The highest BCUT2D eigenvalue weighted by Crippen LogP contribution is 2.33. The first-order chi connectivity index (χ1) is 16.9. The highest BCUT2D eigenvalue weighted by molar-refractivity contribution is 8.01. The highest BCUT2D eigenvalue weighted by atomic mass is 32.2. The van der Waals surface area contributed by atoms with Crippen LogP contribution >= 0.6 is 23.1 Å². The first kappa shape index (κ1) is 25.8. The van der Waals surface area contributed by atoms with Crippen molar-refractivity contribution in [1.29, 1.82) is 0 Å². The second-order valence-corrected chi connectivity index (χ2v) is 11.6. The third-order valence-corrected chi connectivity index (χ3v) is 9.00. The Morgan fingerprint density at radius 3 is 2.54 bits per heavy atom. The highest BCUT2D eigenvalue weighted by Gasteiger charge is 2.35. The van der Waals surface area contributed by atoms with Crippen LogP contribution in [0, 0.1) is 11.7 Å². The maximum Gasteiger partial charge on any atom is 0.324 e. The molecule has 0 unspecified atom stereocenters. The van der Waals surface area contributed by atoms with E-state index in [-0.39, 0.29) is 35.7 Å². The molecule has 2 amide bonds. The van der Waals surface area contributed by atoms with Crippen molar-refractivity contribution in [3.63, 3.8) is 0 Å². The van der Waals surface area contributed by atoms with E-state index in [9.17, 15) is 14.0 Å². The Kier molecular flexibility index (Phi) is 8.89. The number of para-hydroxylation sites is 1. The number of rotatable bonds is 7. The number of nitrogens with zero attached hydrogens (tertiary/aromatic N) is 3. The van der Waals surface area contributed by atoms with Crippen LogP contribution in [0.3, 0.4) is 0 Å². The zero-order valence-electron chi connectivity index (χ0n) is 20.2. The van der Waals surface area contributed by atoms with Crippen LogP contribution in [0.2, 0.25) is 0 Å². The number of hydrogen-bond acceptors (Lipinski definition) is 7. The van der Waals surface area contributed by atoms with Gasteiger partial charge >= 0.3 is 12.0 Å². The van der Waals surface area contributed by atoms with Crippen LogP contribution in [-0.2, 0) is 9.53 Å². The first-order valence-corrected chi connectivity index (χ1v) is 14.0. The monoisotopic (exact) mass is 520 g/mol. The molecule has 2 fully saturated rings. The molecule has 0 radical (unpaired) electrons. The molecule has 190 valence electrons. The standard InChI is InChI=1S/C25H33FN4O3S2/c1-17-7-9-18(10-8-17)30(19-11-13-29(14-12-19)21-6-4-3-5-20(21)26)25(32)28-24-27-15-23(35-24)34-16-22(31)33-2/h3-6,15,17-19H,7-14,16H2,1-2H3,(H,27,28,32)/t17-,18-. The second kappa shape index (κ2) is 12.1. The Bertz CT molecular complexity index is 1000. The number of thiazole rings is 1. The fourth-order valence-electron chi connectivity index (χ4n) is 4.97. The Morgan fingerprint density at radius 1 is 1.17 bits per heavy atom. The summed E-state index contributed by atoms with van der Waals surface area (Å²) in [7, 11) is 1.36. The first-order valence-electron chi connectivity index (χ1n) is 12.2. The maximum atomic E-state index is 14.3. The fraction of sp³-hybridized carbons (Fsp3) is 0.560. The molecular weight excluding hydrogens is 487 g/mol. The smallest absolute Gasteiger partial charge is 0.324 e. The molecule has 2 aromatic rings. The van der Waals surface area contributed by atoms with Gasteiger partial charge in [-0.2, -0.15) is 0 Å². The van der Waals surface area contributed by atoms with Crippen molar-refractivity contribution >= 4 is 45.9 Å². The SMILES string of the molecule is COC(=O)CSc1cnc(NC(=O)N(C2CCN(c3ccccc3F)CC2)[C@H]2CC[C@H](C)CC2)s1. The van der Waals surface area contributed by atoms with Crippen molar-refractivity contribution in [2.75, 3.05) is 36.2 Å². The zero-order valence-corrected chi connectivity index (χ0v) is 21.9. The fourth-order valence-corrected chi connectivity index (χ4v) is 6.67. The van der Waals surface area contributed by atoms with E-state index in [0.29, 0.717) is 29.8 Å². The lowest BCUT2D eigenvalue weighted by atomic mass is 9.85. The van der Waals surface area contributed by atoms with Gasteiger partial charge in [-0.1, -0.05) is 30.4 Å². The van der Waals surface area contributed by atoms with Crippen LogP contribution in [0.15, 0.2) is 34.7 Å². The predicted molar refractivity (Wildman–Crippen MR) is 139 cm³/mol. The summed E-state index contributed by atoms with van der Waals surface area (Å²) in [6.07, 6.45) is 7.51. The van der Waals surface area contributed by atoms with Gasteiger partial charge in [-0.05, 0) is 56.6 Å². The number of hydrogen-bond donors (Lipinski definition) is 1. The van der Waals surface area contributed by atoms with Gasteiger partial charge in [-0.3, -0.25) is 10.1 Å². The van der Waals surface area contributed by atoms with Gasteiger partial charge in [0.1, 0.15) is 5.82 Å². The quantitative estimate of drug-likeness (QED) is 0.377. The van der Waals surface area contributed by atoms with E-state index < -0.39 is 0 Å². The van der Waals surface area contributed by atoms with E-state index in [1.54, 1.807) is 12.3 Å². The van der Waals surface area contributed by atoms with Crippen LogP contribution in [-0.4, -0.2) is 59.9 Å². The maximum absolute atomic E-state index is 14.3. The molecule has 1 saturated carbocycles. The summed E-state index contributed by atoms with van der Waals surface area (Å²) in [5, 5.41) is 3.54. The number of ether oxygens (including phenoxy) is 1. The molecule has 2 aliphatic rings. The Labute approximate surface area is 214 Å². The van der Waals surface area contributed by atoms with Crippen LogP contribution in [0.1, 0.15) is 45.4 Å². The lowest BCUT2D eigenvalue weighted by Gasteiger charge is -2.44. The molecule has 1 aliphatic heterocycles. The van der Waals surface area contributed by atoms with Crippen molar-refractivity contribution in [2.45, 2.75) is 61.7 Å². The third-order valence-electron chi connectivity index (χ3n) is 6.92. The number of thioether (sulfide) groups is 1. The van der Waals surface area contributed by atoms with Crippen molar-refractivity contribution < 1.29 is 18.7 Å². The predicted octanol–water partition coefficient (Wildman–Crippen LogP) is 5.63. The summed E-state index contributed by atoms with van der Waals surface area (Å²) in [6, 6.07) is 7.07. The molecule has 35 heavy (non-hydrogen) atoms. The number of amides is 2. The van der Waals surface area contributed by atoms with Crippen LogP contribution in [0.4, 0.5) is 20.0 Å². The number of carbonyl (C=O) groups is 2. The van der Waals surface area contributed by atoms with E-state index in [1.165, 1.54) is 36.3 Å². The molecule has 1 aliphatic carbocycles. The zero-order chi connectivity index (χ0) is 24.8. The summed E-state index contributed by atoms with van der Waals surface area (Å²) in [5.41, 5.74) is 0.633. The summed E-state index contributed by atoms with van der Waals surface area (Å²) >= 11 is 2.71. The topological polar surface area (TPSA) is 74.8 Å². The molecule has 7 nitrogen and oxygen atoms in total. The molecule has 0 spiro atoms. The van der Waals surface area contributed by atoms with Crippen molar-refractivity contribution in [1.82, 2.24) is 9.88 Å². The van der Waals surface area contributed by atoms with E-state index in [4.69, 9.17) is 0 Å². The molecule has 1 saturated heterocycles. The summed E-state index contributed by atoms with van der Waals surface area (Å²) in [5.74, 6) is 0.395. The molecule has 1 N–H and O–H groups in total. The lowest BCUT2D eigenvalue weighted by molar-refractivity contribution is -0.137. The van der Waals surface area contributed by atoms with Crippen LogP contribution < -0.4 is 10.2 Å². The van der Waals surface area contributed by atoms with Gasteiger partial charge < -0.3 is 14.5 Å². The molecule has 4 rings (SSSR count). The number of piperidine rings is 1. The minimum absolute atomic E-state index is 0.101. The van der Waals surface area contributed by atoms with Gasteiger partial charge in [0.05, 0.1) is 29.0 Å². The third kappa shape index (κ3) is 6.67. The summed E-state index contributed by atoms with van der Waals surface area (Å²) in [4.78, 5) is 33.4. The molecule has 1 aromatic heterocycles. The number of anilines is 2. The van der Waals surface area contributed by atoms with E-state index in [0.717, 1.165) is 42.7 Å². The molecule has 0 bridgehead atoms. The van der Waals surface area contributed by atoms with Gasteiger partial charge in [-0.15, -0.1) is 11.8 Å². The van der Waals surface area contributed by atoms with Crippen LogP contribution in [0.25, 0.3) is 0 Å². The number of carbonyl (C=O) groups excluding carboxylic acids is 2. The molecule has 10 heteroatoms. The number of aromatic nitrogens is 1. The number of nitrogens with one attached hydrogen (secondary N) is 1. The van der Waals surface area contributed by atoms with E-state index in [1.807, 2.05) is 17.0 Å².